The van der Waals surface area contributed by atoms with Crippen molar-refractivity contribution in [2.45, 2.75) is 12.5 Å². The molecule has 0 amide bonds. The fraction of sp³-hybridized carbons (Fsp3) is 0.455. The Morgan fingerprint density at radius 2 is 1.93 bits per heavy atom. The van der Waals surface area contributed by atoms with Gasteiger partial charge in [-0.25, -0.2) is 0 Å². The Hall–Kier alpha value is -1.06. The number of aromatic hydroxyl groups is 1. The van der Waals surface area contributed by atoms with Crippen molar-refractivity contribution in [2.75, 3.05) is 19.6 Å². The number of hydrogen-bond donors (Lipinski definition) is 2. The van der Waals surface area contributed by atoms with Crippen LogP contribution < -0.4 is 5.73 Å². The summed E-state index contributed by atoms with van der Waals surface area (Å²) in [5, 5.41) is 9.18. The number of nitrogens with zero attached hydrogens (tertiary/aromatic N) is 1. The van der Waals surface area contributed by atoms with E-state index in [1.54, 1.807) is 12.1 Å². The summed E-state index contributed by atoms with van der Waals surface area (Å²) in [6, 6.07) is 7.66. The zero-order valence-electron chi connectivity index (χ0n) is 8.19. The molecule has 1 aliphatic rings. The summed E-state index contributed by atoms with van der Waals surface area (Å²) in [7, 11) is 0. The molecule has 1 heterocycles. The van der Waals surface area contributed by atoms with E-state index in [1.165, 1.54) is 12.0 Å². The van der Waals surface area contributed by atoms with Crippen molar-refractivity contribution in [1.82, 2.24) is 4.90 Å². The van der Waals surface area contributed by atoms with E-state index >= 15 is 0 Å². The first-order valence-corrected chi connectivity index (χ1v) is 5.04. The van der Waals surface area contributed by atoms with Crippen LogP contribution in [0.15, 0.2) is 24.3 Å². The molecule has 1 saturated heterocycles. The number of phenolic OH excluding ortho intramolecular Hbond substituents is 1. The summed E-state index contributed by atoms with van der Waals surface area (Å²) in [6.07, 6.45) is 1.27. The Labute approximate surface area is 84.1 Å². The number of benzene rings is 1. The molecule has 0 saturated carbocycles. The summed E-state index contributed by atoms with van der Waals surface area (Å²) in [5.74, 6) is 0.313. The highest BCUT2D eigenvalue weighted by Gasteiger charge is 2.23. The van der Waals surface area contributed by atoms with E-state index in [4.69, 9.17) is 5.73 Å². The molecule has 1 atom stereocenters. The smallest absolute Gasteiger partial charge is 0.115 e. The van der Waals surface area contributed by atoms with Gasteiger partial charge >= 0.3 is 0 Å². The fourth-order valence-corrected chi connectivity index (χ4v) is 1.84. The van der Waals surface area contributed by atoms with Gasteiger partial charge in [0.25, 0.3) is 0 Å². The van der Waals surface area contributed by atoms with Crippen LogP contribution in [0.25, 0.3) is 0 Å². The van der Waals surface area contributed by atoms with Gasteiger partial charge in [-0.15, -0.1) is 0 Å². The van der Waals surface area contributed by atoms with Crippen LogP contribution in [0, 0.1) is 0 Å². The number of nitrogens with two attached hydrogens (primary N) is 1. The highest BCUT2D eigenvalue weighted by molar-refractivity contribution is 5.28. The van der Waals surface area contributed by atoms with Crippen molar-refractivity contribution in [2.24, 2.45) is 5.73 Å². The first kappa shape index (κ1) is 9.49. The molecule has 1 aromatic rings. The molecule has 0 radical (unpaired) electrons. The monoisotopic (exact) mass is 192 g/mol. The molecule has 3 N–H and O–H groups in total. The molecule has 0 aliphatic carbocycles. The molecule has 1 aromatic carbocycles. The molecule has 1 unspecified atom stereocenters. The van der Waals surface area contributed by atoms with Crippen LogP contribution in [0.1, 0.15) is 18.0 Å². The Morgan fingerprint density at radius 3 is 2.36 bits per heavy atom. The van der Waals surface area contributed by atoms with Crippen LogP contribution in [-0.2, 0) is 0 Å². The average Bonchev–Trinajstić information content (AvgIpc) is 2.13. The fourth-order valence-electron chi connectivity index (χ4n) is 1.84. The summed E-state index contributed by atoms with van der Waals surface area (Å²) in [4.78, 5) is 2.37. The second-order valence-corrected chi connectivity index (χ2v) is 3.73. The quantitative estimate of drug-likeness (QED) is 0.754. The Morgan fingerprint density at radius 1 is 1.29 bits per heavy atom. The van der Waals surface area contributed by atoms with Crippen molar-refractivity contribution in [3.05, 3.63) is 29.8 Å². The highest BCUT2D eigenvalue weighted by Crippen LogP contribution is 2.25. The largest absolute Gasteiger partial charge is 0.508 e. The topological polar surface area (TPSA) is 49.5 Å². The third-order valence-corrected chi connectivity index (χ3v) is 2.83. The van der Waals surface area contributed by atoms with Crippen LogP contribution in [0.4, 0.5) is 0 Å². The minimum atomic E-state index is 0.313. The predicted octanol–water partition coefficient (Wildman–Crippen LogP) is 1.10. The lowest BCUT2D eigenvalue weighted by molar-refractivity contribution is 0.122. The van der Waals surface area contributed by atoms with Gasteiger partial charge in [0.15, 0.2) is 0 Å². The number of likely N-dealkylation sites (tertiary alicyclic amines) is 1. The Kier molecular flexibility index (Phi) is 2.70. The molecule has 76 valence electrons. The molecule has 0 aromatic heterocycles. The van der Waals surface area contributed by atoms with Crippen molar-refractivity contribution >= 4 is 0 Å². The van der Waals surface area contributed by atoms with Crippen molar-refractivity contribution < 1.29 is 5.11 Å². The summed E-state index contributed by atoms with van der Waals surface area (Å²) in [5.41, 5.74) is 6.95. The van der Waals surface area contributed by atoms with Gasteiger partial charge in [-0.3, -0.25) is 4.90 Å². The lowest BCUT2D eigenvalue weighted by atomic mass is 10.0. The maximum atomic E-state index is 9.18. The van der Waals surface area contributed by atoms with Crippen molar-refractivity contribution in [3.63, 3.8) is 0 Å². The number of rotatable bonds is 3. The second-order valence-electron chi connectivity index (χ2n) is 3.73. The Balaban J connectivity index is 2.14. The number of phenols is 1. The maximum Gasteiger partial charge on any atom is 0.115 e. The van der Waals surface area contributed by atoms with E-state index in [-0.39, 0.29) is 0 Å². The van der Waals surface area contributed by atoms with Crippen molar-refractivity contribution in [3.8, 4) is 5.75 Å². The molecule has 3 nitrogen and oxygen atoms in total. The molecule has 1 fully saturated rings. The van der Waals surface area contributed by atoms with Crippen LogP contribution in [0.3, 0.4) is 0 Å². The van der Waals surface area contributed by atoms with E-state index < -0.39 is 0 Å². The third-order valence-electron chi connectivity index (χ3n) is 2.83. The van der Waals surface area contributed by atoms with Crippen molar-refractivity contribution in [1.29, 1.82) is 0 Å². The van der Waals surface area contributed by atoms with Crippen LogP contribution >= 0.6 is 0 Å². The molecule has 1 aliphatic heterocycles. The normalized spacial score (nSPS) is 18.9. The lowest BCUT2D eigenvalue weighted by Crippen LogP contribution is -2.43. The summed E-state index contributed by atoms with van der Waals surface area (Å²) < 4.78 is 0. The SMILES string of the molecule is NCC(c1ccc(O)cc1)N1CCC1. The molecular formula is C11H16N2O. The van der Waals surface area contributed by atoms with Gasteiger partial charge in [-0.05, 0) is 24.1 Å². The van der Waals surface area contributed by atoms with Gasteiger partial charge < -0.3 is 10.8 Å². The summed E-state index contributed by atoms with van der Waals surface area (Å²) in [6.45, 7) is 2.93. The first-order valence-electron chi connectivity index (χ1n) is 5.04. The predicted molar refractivity (Wildman–Crippen MR) is 56.1 cm³/mol. The minimum Gasteiger partial charge on any atom is -0.508 e. The van der Waals surface area contributed by atoms with E-state index in [2.05, 4.69) is 4.90 Å². The molecule has 0 spiro atoms. The zero-order chi connectivity index (χ0) is 9.97. The van der Waals surface area contributed by atoms with Gasteiger partial charge in [0.2, 0.25) is 0 Å². The van der Waals surface area contributed by atoms with Crippen LogP contribution in [0.5, 0.6) is 5.75 Å². The van der Waals surface area contributed by atoms with E-state index in [0.717, 1.165) is 13.1 Å². The maximum absolute atomic E-state index is 9.18. The Bertz CT molecular complexity index is 293. The van der Waals surface area contributed by atoms with Gasteiger partial charge in [0, 0.05) is 25.7 Å². The van der Waals surface area contributed by atoms with Gasteiger partial charge in [-0.1, -0.05) is 12.1 Å². The first-order chi connectivity index (χ1) is 6.81. The average molecular weight is 192 g/mol. The lowest BCUT2D eigenvalue weighted by Gasteiger charge is -2.38. The third kappa shape index (κ3) is 1.74. The minimum absolute atomic E-state index is 0.313. The zero-order valence-corrected chi connectivity index (χ0v) is 8.19. The van der Waals surface area contributed by atoms with Crippen LogP contribution in [-0.4, -0.2) is 29.6 Å². The molecule has 2 rings (SSSR count). The van der Waals surface area contributed by atoms with Crippen LogP contribution in [0.2, 0.25) is 0 Å². The molecule has 0 bridgehead atoms. The highest BCUT2D eigenvalue weighted by atomic mass is 16.3. The molecule has 3 heteroatoms. The van der Waals surface area contributed by atoms with Gasteiger partial charge in [-0.2, -0.15) is 0 Å². The second kappa shape index (κ2) is 3.98. The standard InChI is InChI=1S/C11H16N2O/c12-8-11(13-6-1-7-13)9-2-4-10(14)5-3-9/h2-5,11,14H,1,6-8,12H2. The summed E-state index contributed by atoms with van der Waals surface area (Å²) >= 11 is 0. The molecule has 14 heavy (non-hydrogen) atoms. The van der Waals surface area contributed by atoms with E-state index in [0.29, 0.717) is 18.3 Å². The van der Waals surface area contributed by atoms with Gasteiger partial charge in [0.05, 0.1) is 0 Å². The van der Waals surface area contributed by atoms with E-state index in [1.807, 2.05) is 12.1 Å². The van der Waals surface area contributed by atoms with Gasteiger partial charge in [0.1, 0.15) is 5.75 Å². The molecular weight excluding hydrogens is 176 g/mol. The number of hydrogen-bond acceptors (Lipinski definition) is 3. The van der Waals surface area contributed by atoms with E-state index in [9.17, 15) is 5.11 Å².